The minimum Gasteiger partial charge on any atom is -0.481 e. The average molecular weight is 300 g/mol. The molecule has 2 amide bonds. The van der Waals surface area contributed by atoms with Gasteiger partial charge in [0.2, 0.25) is 0 Å². The number of rotatable bonds is 6. The van der Waals surface area contributed by atoms with E-state index in [1.807, 2.05) is 0 Å². The average Bonchev–Trinajstić information content (AvgIpc) is 2.71. The second kappa shape index (κ2) is 7.11. The molecule has 1 aliphatic heterocycles. The summed E-state index contributed by atoms with van der Waals surface area (Å²) in [4.78, 5) is 23.3. The third-order valence-corrected chi connectivity index (χ3v) is 4.46. The van der Waals surface area contributed by atoms with Crippen molar-refractivity contribution in [1.29, 1.82) is 0 Å². The second-order valence-electron chi connectivity index (χ2n) is 6.80. The minimum atomic E-state index is -1.06. The third-order valence-electron chi connectivity index (χ3n) is 4.46. The van der Waals surface area contributed by atoms with Crippen molar-refractivity contribution in [3.05, 3.63) is 0 Å². The highest BCUT2D eigenvalue weighted by Crippen LogP contribution is 2.28. The Morgan fingerprint density at radius 2 is 1.86 bits per heavy atom. The van der Waals surface area contributed by atoms with Crippen LogP contribution in [0.5, 0.6) is 0 Å². The van der Waals surface area contributed by atoms with Gasteiger partial charge in [0.05, 0.1) is 19.3 Å². The summed E-state index contributed by atoms with van der Waals surface area (Å²) in [6.07, 6.45) is 0. The number of carboxylic acid groups (broad SMARTS) is 1. The molecular formula is C15H28N2O4. The van der Waals surface area contributed by atoms with E-state index >= 15 is 0 Å². The third kappa shape index (κ3) is 4.33. The van der Waals surface area contributed by atoms with Crippen molar-refractivity contribution in [3.63, 3.8) is 0 Å². The Labute approximate surface area is 126 Å². The van der Waals surface area contributed by atoms with Crippen LogP contribution in [0.2, 0.25) is 0 Å². The molecule has 122 valence electrons. The zero-order chi connectivity index (χ0) is 16.2. The molecule has 1 heterocycles. The summed E-state index contributed by atoms with van der Waals surface area (Å²) in [5, 5.41) is 14.8. The predicted molar refractivity (Wildman–Crippen MR) is 80.1 cm³/mol. The number of hydrogen-bond acceptors (Lipinski definition) is 3. The highest BCUT2D eigenvalue weighted by atomic mass is 16.5. The number of aliphatic carboxylic acids is 1. The minimum absolute atomic E-state index is 0.119. The lowest BCUT2D eigenvalue weighted by molar-refractivity contribution is -0.148. The quantitative estimate of drug-likeness (QED) is 0.697. The molecule has 6 nitrogen and oxygen atoms in total. The molecule has 0 aromatic heterocycles. The van der Waals surface area contributed by atoms with E-state index in [0.29, 0.717) is 24.3 Å². The fourth-order valence-electron chi connectivity index (χ4n) is 2.75. The van der Waals surface area contributed by atoms with E-state index in [0.717, 1.165) is 0 Å². The maximum Gasteiger partial charge on any atom is 0.315 e. The molecule has 1 rings (SSSR count). The number of urea groups is 1. The van der Waals surface area contributed by atoms with Gasteiger partial charge in [-0.1, -0.05) is 27.7 Å². The Bertz CT molecular complexity index is 376. The number of amides is 2. The highest BCUT2D eigenvalue weighted by molar-refractivity contribution is 5.79. The molecule has 1 aliphatic rings. The lowest BCUT2D eigenvalue weighted by atomic mass is 9.85. The molecule has 1 fully saturated rings. The van der Waals surface area contributed by atoms with Gasteiger partial charge in [-0.2, -0.15) is 0 Å². The number of ether oxygens (including phenoxy) is 1. The topological polar surface area (TPSA) is 87.7 Å². The molecule has 0 aliphatic carbocycles. The van der Waals surface area contributed by atoms with Gasteiger partial charge in [-0.25, -0.2) is 4.79 Å². The number of carboxylic acids is 1. The van der Waals surface area contributed by atoms with Crippen LogP contribution in [0.1, 0.15) is 34.6 Å². The smallest absolute Gasteiger partial charge is 0.315 e. The molecule has 0 bridgehead atoms. The van der Waals surface area contributed by atoms with Crippen LogP contribution in [-0.4, -0.2) is 42.9 Å². The normalized spacial score (nSPS) is 25.6. The predicted octanol–water partition coefficient (Wildman–Crippen LogP) is 1.70. The highest BCUT2D eigenvalue weighted by Gasteiger charge is 2.47. The van der Waals surface area contributed by atoms with E-state index in [9.17, 15) is 14.7 Å². The lowest BCUT2D eigenvalue weighted by Gasteiger charge is -2.28. The van der Waals surface area contributed by atoms with Crippen LogP contribution < -0.4 is 10.6 Å². The second-order valence-corrected chi connectivity index (χ2v) is 6.80. The first-order valence-electron chi connectivity index (χ1n) is 7.54. The summed E-state index contributed by atoms with van der Waals surface area (Å²) < 4.78 is 5.21. The van der Waals surface area contributed by atoms with Gasteiger partial charge < -0.3 is 20.5 Å². The van der Waals surface area contributed by atoms with Crippen molar-refractivity contribution >= 4 is 12.0 Å². The summed E-state index contributed by atoms with van der Waals surface area (Å²) in [7, 11) is 0. The molecule has 3 N–H and O–H groups in total. The van der Waals surface area contributed by atoms with Gasteiger partial charge in [0.25, 0.3) is 0 Å². The van der Waals surface area contributed by atoms with Gasteiger partial charge in [-0.3, -0.25) is 4.79 Å². The first kappa shape index (κ1) is 17.8. The molecule has 21 heavy (non-hydrogen) atoms. The van der Waals surface area contributed by atoms with Gasteiger partial charge in [-0.15, -0.1) is 0 Å². The molecule has 0 radical (unpaired) electrons. The van der Waals surface area contributed by atoms with Crippen LogP contribution in [0.15, 0.2) is 0 Å². The van der Waals surface area contributed by atoms with Gasteiger partial charge in [0.15, 0.2) is 0 Å². The molecule has 2 unspecified atom stereocenters. The Kier molecular flexibility index (Phi) is 6.01. The largest absolute Gasteiger partial charge is 0.481 e. The Hall–Kier alpha value is -1.30. The van der Waals surface area contributed by atoms with E-state index in [1.54, 1.807) is 6.92 Å². The lowest BCUT2D eigenvalue weighted by Crippen LogP contribution is -2.53. The van der Waals surface area contributed by atoms with Crippen LogP contribution in [-0.2, 0) is 9.53 Å². The Balaban J connectivity index is 2.52. The SMILES string of the molecule is CC(C)C(CNC(=O)NC1COCC1(C)C(=O)O)C(C)C. The Morgan fingerprint density at radius 3 is 2.33 bits per heavy atom. The van der Waals surface area contributed by atoms with Crippen molar-refractivity contribution in [2.75, 3.05) is 19.8 Å². The summed E-state index contributed by atoms with van der Waals surface area (Å²) in [6, 6.07) is -0.837. The zero-order valence-electron chi connectivity index (χ0n) is 13.6. The summed E-state index contributed by atoms with van der Waals surface area (Å²) >= 11 is 0. The molecule has 2 atom stereocenters. The summed E-state index contributed by atoms with van der Waals surface area (Å²) in [5.41, 5.74) is -1.06. The zero-order valence-corrected chi connectivity index (χ0v) is 13.6. The van der Waals surface area contributed by atoms with Crippen molar-refractivity contribution in [2.24, 2.45) is 23.2 Å². The maximum absolute atomic E-state index is 12.0. The molecule has 0 aromatic carbocycles. The molecule has 0 saturated carbocycles. The monoisotopic (exact) mass is 300 g/mol. The van der Waals surface area contributed by atoms with Crippen LogP contribution in [0.4, 0.5) is 4.79 Å². The van der Waals surface area contributed by atoms with Gasteiger partial charge in [0.1, 0.15) is 5.41 Å². The number of carbonyl (C=O) groups excluding carboxylic acids is 1. The van der Waals surface area contributed by atoms with Crippen LogP contribution in [0, 0.1) is 23.2 Å². The molecule has 0 spiro atoms. The maximum atomic E-state index is 12.0. The summed E-state index contributed by atoms with van der Waals surface area (Å²) in [6.45, 7) is 11.1. The molecule has 6 heteroatoms. The van der Waals surface area contributed by atoms with E-state index < -0.39 is 17.4 Å². The fraction of sp³-hybridized carbons (Fsp3) is 0.867. The van der Waals surface area contributed by atoms with Crippen molar-refractivity contribution in [1.82, 2.24) is 10.6 Å². The van der Waals surface area contributed by atoms with Crippen LogP contribution in [0.25, 0.3) is 0 Å². The van der Waals surface area contributed by atoms with Crippen LogP contribution in [0.3, 0.4) is 0 Å². The van der Waals surface area contributed by atoms with E-state index in [4.69, 9.17) is 4.74 Å². The number of carbonyl (C=O) groups is 2. The molecule has 0 aromatic rings. The van der Waals surface area contributed by atoms with Gasteiger partial charge in [0, 0.05) is 6.54 Å². The van der Waals surface area contributed by atoms with E-state index in [2.05, 4.69) is 38.3 Å². The van der Waals surface area contributed by atoms with Crippen LogP contribution >= 0.6 is 0 Å². The first-order chi connectivity index (χ1) is 9.68. The van der Waals surface area contributed by atoms with Gasteiger partial charge >= 0.3 is 12.0 Å². The number of hydrogen-bond donors (Lipinski definition) is 3. The fourth-order valence-corrected chi connectivity index (χ4v) is 2.75. The van der Waals surface area contributed by atoms with E-state index in [1.165, 1.54) is 0 Å². The molecule has 1 saturated heterocycles. The first-order valence-corrected chi connectivity index (χ1v) is 7.54. The number of nitrogens with one attached hydrogen (secondary N) is 2. The van der Waals surface area contributed by atoms with E-state index in [-0.39, 0.29) is 19.2 Å². The van der Waals surface area contributed by atoms with Gasteiger partial charge in [-0.05, 0) is 24.7 Å². The molecular weight excluding hydrogens is 272 g/mol. The van der Waals surface area contributed by atoms with Crippen molar-refractivity contribution in [3.8, 4) is 0 Å². The van der Waals surface area contributed by atoms with Crippen molar-refractivity contribution < 1.29 is 19.4 Å². The standard InChI is InChI=1S/C15H28N2O4/c1-9(2)11(10(3)4)6-16-14(20)17-12-7-21-8-15(12,5)13(18)19/h9-12H,6-8H2,1-5H3,(H,18,19)(H2,16,17,20). The Morgan fingerprint density at radius 1 is 1.29 bits per heavy atom. The van der Waals surface area contributed by atoms with Crippen molar-refractivity contribution in [2.45, 2.75) is 40.7 Å². The summed E-state index contributed by atoms with van der Waals surface area (Å²) in [5.74, 6) is 0.391.